The van der Waals surface area contributed by atoms with Crippen LogP contribution in [0.15, 0.2) is 54.1 Å². The molecule has 4 aromatic heterocycles. The summed E-state index contributed by atoms with van der Waals surface area (Å²) in [5, 5.41) is 36.6. The first-order chi connectivity index (χ1) is 27.4. The van der Waals surface area contributed by atoms with Gasteiger partial charge in [-0.25, -0.2) is 24.3 Å². The number of anilines is 2. The smallest absolute Gasteiger partial charge is 0.330 e. The number of benzene rings is 1. The van der Waals surface area contributed by atoms with Gasteiger partial charge in [-0.2, -0.15) is 4.98 Å². The highest BCUT2D eigenvalue weighted by Gasteiger charge is 2.51. The Balaban J connectivity index is 1.09. The topological polar surface area (TPSA) is 280 Å². The highest BCUT2D eigenvalue weighted by atomic mass is 31.2. The Labute approximate surface area is 322 Å². The van der Waals surface area contributed by atoms with Crippen LogP contribution in [-0.4, -0.2) is 123 Å². The molecular weight excluding hydrogens is 774 g/mol. The molecule has 2 saturated heterocycles. The average Bonchev–Trinajstić information content (AvgIpc) is 3.98. The van der Waals surface area contributed by atoms with Crippen molar-refractivity contribution < 1.29 is 52.4 Å². The van der Waals surface area contributed by atoms with Crippen LogP contribution < -0.4 is 16.2 Å². The van der Waals surface area contributed by atoms with E-state index in [0.29, 0.717) is 5.56 Å². The molecule has 57 heavy (non-hydrogen) atoms. The van der Waals surface area contributed by atoms with Crippen LogP contribution in [0, 0.1) is 11.8 Å². The Morgan fingerprint density at radius 1 is 0.982 bits per heavy atom. The van der Waals surface area contributed by atoms with Crippen molar-refractivity contribution in [1.29, 1.82) is 0 Å². The van der Waals surface area contributed by atoms with Gasteiger partial charge in [0.15, 0.2) is 46.8 Å². The maximum atomic E-state index is 15.8. The van der Waals surface area contributed by atoms with Crippen molar-refractivity contribution in [3.63, 3.8) is 0 Å². The van der Waals surface area contributed by atoms with E-state index < -0.39 is 99.2 Å². The predicted molar refractivity (Wildman–Crippen MR) is 197 cm³/mol. The normalized spacial score (nSPS) is 26.0. The molecule has 9 unspecified atom stereocenters. The number of fused-ring (bicyclic) bond motifs is 2. The van der Waals surface area contributed by atoms with Crippen LogP contribution in [-0.2, 0) is 27.9 Å². The molecule has 0 saturated carbocycles. The van der Waals surface area contributed by atoms with Crippen LogP contribution in [0.3, 0.4) is 0 Å². The van der Waals surface area contributed by atoms with Crippen LogP contribution in [0.1, 0.15) is 43.1 Å². The molecule has 2 fully saturated rings. The van der Waals surface area contributed by atoms with Gasteiger partial charge in [-0.15, -0.1) is 0 Å². The Morgan fingerprint density at radius 3 is 2.37 bits per heavy atom. The Kier molecular flexibility index (Phi) is 11.6. The third-order valence-electron chi connectivity index (χ3n) is 9.80. The monoisotopic (exact) mass is 814 g/mol. The largest absolute Gasteiger partial charge is 0.396 e. The highest BCUT2D eigenvalue weighted by molar-refractivity contribution is 7.53. The summed E-state index contributed by atoms with van der Waals surface area (Å²) in [6.07, 6.45) is -6.99. The number of amides is 2. The minimum absolute atomic E-state index is 0.0514. The van der Waals surface area contributed by atoms with Crippen molar-refractivity contribution in [1.82, 2.24) is 39.0 Å². The van der Waals surface area contributed by atoms with Gasteiger partial charge < -0.3 is 34.6 Å². The Hall–Kier alpha value is -5.06. The van der Waals surface area contributed by atoms with E-state index in [-0.39, 0.29) is 40.5 Å². The molecule has 0 spiro atoms. The third-order valence-corrected chi connectivity index (χ3v) is 11.7. The van der Waals surface area contributed by atoms with Crippen LogP contribution in [0.2, 0.25) is 0 Å². The molecule has 6 N–H and O–H groups in total. The van der Waals surface area contributed by atoms with Crippen LogP contribution >= 0.6 is 7.60 Å². The molecule has 5 aromatic rings. The van der Waals surface area contributed by atoms with E-state index in [1.807, 2.05) is 0 Å². The zero-order valence-corrected chi connectivity index (χ0v) is 31.6. The molecule has 6 heterocycles. The lowest BCUT2D eigenvalue weighted by Crippen LogP contribution is -2.33. The van der Waals surface area contributed by atoms with E-state index in [2.05, 4.69) is 40.5 Å². The number of aliphatic hydroxyl groups is 3. The maximum absolute atomic E-state index is 15.8. The highest BCUT2D eigenvalue weighted by Crippen LogP contribution is 2.54. The summed E-state index contributed by atoms with van der Waals surface area (Å²) in [7, 11) is -3.07. The van der Waals surface area contributed by atoms with Gasteiger partial charge in [0.25, 0.3) is 11.5 Å². The first-order valence-corrected chi connectivity index (χ1v) is 19.6. The molecule has 9 atom stereocenters. The van der Waals surface area contributed by atoms with E-state index >= 15 is 4.39 Å². The van der Waals surface area contributed by atoms with E-state index in [4.69, 9.17) is 18.5 Å². The second-order valence-corrected chi connectivity index (χ2v) is 16.0. The number of carbonyl (C=O) groups is 2. The fourth-order valence-corrected chi connectivity index (χ4v) is 8.27. The molecule has 0 radical (unpaired) electrons. The van der Waals surface area contributed by atoms with Crippen molar-refractivity contribution in [3.8, 4) is 0 Å². The molecule has 304 valence electrons. The number of alkyl halides is 1. The summed E-state index contributed by atoms with van der Waals surface area (Å²) >= 11 is 0. The summed E-state index contributed by atoms with van der Waals surface area (Å²) < 4.78 is 56.0. The Bertz CT molecular complexity index is 2360. The van der Waals surface area contributed by atoms with E-state index in [1.54, 1.807) is 44.2 Å². The number of nitrogens with zero attached hydrogens (tertiary/aromatic N) is 7. The van der Waals surface area contributed by atoms with Crippen LogP contribution in [0.5, 0.6) is 0 Å². The number of nitrogens with one attached hydrogen (secondary N) is 3. The molecule has 23 heteroatoms. The number of rotatable bonds is 14. The summed E-state index contributed by atoms with van der Waals surface area (Å²) in [6, 6.07) is 8.41. The number of H-pyrrole nitrogens is 1. The number of aromatic nitrogens is 8. The van der Waals surface area contributed by atoms with Crippen molar-refractivity contribution in [2.45, 2.75) is 63.3 Å². The number of aromatic amines is 1. The maximum Gasteiger partial charge on any atom is 0.330 e. The first-order valence-electron chi connectivity index (χ1n) is 17.9. The number of aliphatic hydroxyl groups excluding tert-OH is 3. The summed E-state index contributed by atoms with van der Waals surface area (Å²) in [5.41, 5.74) is -0.238. The lowest BCUT2D eigenvalue weighted by Gasteiger charge is -2.28. The quantitative estimate of drug-likeness (QED) is 0.0867. The van der Waals surface area contributed by atoms with Gasteiger partial charge in [-0.1, -0.05) is 32.0 Å². The van der Waals surface area contributed by atoms with E-state index in [1.165, 1.54) is 21.8 Å². The molecule has 0 bridgehead atoms. The van der Waals surface area contributed by atoms with Gasteiger partial charge in [0.1, 0.15) is 18.5 Å². The van der Waals surface area contributed by atoms with Crippen molar-refractivity contribution in [3.05, 3.63) is 65.2 Å². The number of carbonyl (C=O) groups excluding carboxylic acids is 2. The fraction of sp³-hybridized carbons (Fsp3) is 0.471. The SMILES string of the molecule is COP(=O)(CCC1OC(n2cnc3c(NC(=O)c4ccccc4)ncnc32)C(F)C1O)OC1C(CO)C(CO)OC1n1cnc2c(=O)[nH]c(NC(=O)C(C)C)nc21. The molecule has 0 aliphatic carbocycles. The zero-order chi connectivity index (χ0) is 40.6. The number of ether oxygens (including phenoxy) is 2. The lowest BCUT2D eigenvalue weighted by atomic mass is 9.99. The molecule has 1 aromatic carbocycles. The second-order valence-electron chi connectivity index (χ2n) is 13.7. The minimum atomic E-state index is -4.19. The molecule has 2 aliphatic rings. The van der Waals surface area contributed by atoms with Crippen molar-refractivity contribution >= 4 is 53.5 Å². The summed E-state index contributed by atoms with van der Waals surface area (Å²) in [4.78, 5) is 61.5. The standard InChI is InChI=1S/C34H40FN10O11P/c1-16(2)29(49)42-34-41-28-23(31(51)43-34)39-15-45(28)33-25(18(11-46)20(12-47)55-33)56-57(52,53-3)10-9-19-24(48)21(35)32(54-19)44-14-38-22-26(36-13-37-27(22)44)40-30(50)17-7-5-4-6-8-17/h4-8,13-16,18-21,24-25,32-33,46-48H,9-12H2,1-3H3,(H,36,37,40,50)(H2,41,42,43,49,51). The Morgan fingerprint density at radius 2 is 1.68 bits per heavy atom. The van der Waals surface area contributed by atoms with Crippen LogP contribution in [0.25, 0.3) is 22.3 Å². The van der Waals surface area contributed by atoms with Crippen LogP contribution in [0.4, 0.5) is 16.2 Å². The summed E-state index contributed by atoms with van der Waals surface area (Å²) in [6.45, 7) is 2.13. The molecule has 2 amide bonds. The number of hydrogen-bond donors (Lipinski definition) is 6. The minimum Gasteiger partial charge on any atom is -0.396 e. The van der Waals surface area contributed by atoms with Gasteiger partial charge in [0, 0.05) is 24.5 Å². The second kappa shape index (κ2) is 16.4. The number of imidazole rings is 2. The molecule has 7 rings (SSSR count). The average molecular weight is 815 g/mol. The fourth-order valence-electron chi connectivity index (χ4n) is 6.69. The zero-order valence-electron chi connectivity index (χ0n) is 30.7. The van der Waals surface area contributed by atoms with Gasteiger partial charge in [-0.3, -0.25) is 42.9 Å². The third kappa shape index (κ3) is 7.82. The lowest BCUT2D eigenvalue weighted by molar-refractivity contribution is -0.118. The van der Waals surface area contributed by atoms with Gasteiger partial charge >= 0.3 is 7.60 Å². The van der Waals surface area contributed by atoms with Crippen molar-refractivity contribution in [2.24, 2.45) is 11.8 Å². The van der Waals surface area contributed by atoms with Gasteiger partial charge in [0.2, 0.25) is 11.9 Å². The van der Waals surface area contributed by atoms with E-state index in [9.17, 15) is 34.3 Å². The summed E-state index contributed by atoms with van der Waals surface area (Å²) in [5.74, 6) is -2.39. The van der Waals surface area contributed by atoms with E-state index in [0.717, 1.165) is 13.4 Å². The van der Waals surface area contributed by atoms with Crippen molar-refractivity contribution in [2.75, 3.05) is 37.1 Å². The first kappa shape index (κ1) is 40.1. The molecule has 21 nitrogen and oxygen atoms in total. The number of hydrogen-bond acceptors (Lipinski definition) is 16. The number of halogens is 1. The molecular formula is C34H40FN10O11P. The van der Waals surface area contributed by atoms with Gasteiger partial charge in [0.05, 0.1) is 44.2 Å². The molecule has 2 aliphatic heterocycles. The van der Waals surface area contributed by atoms with Gasteiger partial charge in [-0.05, 0) is 18.6 Å². The predicted octanol–water partition coefficient (Wildman–Crippen LogP) is 1.52.